The first-order valence-corrected chi connectivity index (χ1v) is 9.34. The molecule has 1 saturated heterocycles. The van der Waals surface area contributed by atoms with Crippen LogP contribution in [-0.4, -0.2) is 51.7 Å². The summed E-state index contributed by atoms with van der Waals surface area (Å²) in [5.74, 6) is 0.0227. The largest absolute Gasteiger partial charge is 0.472 e. The lowest BCUT2D eigenvalue weighted by molar-refractivity contribution is 0.0627. The SMILES string of the molecule is Cc1nn(-c2ccccc2)c(Cl)c1CN1CCN(C(=O)c2ccoc2)CC1. The molecule has 0 radical (unpaired) electrons. The maximum Gasteiger partial charge on any atom is 0.257 e. The fourth-order valence-corrected chi connectivity index (χ4v) is 3.68. The molecule has 140 valence electrons. The van der Waals surface area contributed by atoms with Crippen LogP contribution in [0.25, 0.3) is 5.69 Å². The zero-order valence-electron chi connectivity index (χ0n) is 15.1. The summed E-state index contributed by atoms with van der Waals surface area (Å²) in [5, 5.41) is 5.25. The first kappa shape index (κ1) is 17.8. The third-order valence-electron chi connectivity index (χ3n) is 4.93. The van der Waals surface area contributed by atoms with Crippen LogP contribution in [0.5, 0.6) is 0 Å². The second kappa shape index (κ2) is 7.58. The monoisotopic (exact) mass is 384 g/mol. The smallest absolute Gasteiger partial charge is 0.257 e. The van der Waals surface area contributed by atoms with Gasteiger partial charge in [0.1, 0.15) is 11.4 Å². The van der Waals surface area contributed by atoms with E-state index < -0.39 is 0 Å². The summed E-state index contributed by atoms with van der Waals surface area (Å²) < 4.78 is 6.79. The van der Waals surface area contributed by atoms with Gasteiger partial charge in [-0.3, -0.25) is 9.69 Å². The van der Waals surface area contributed by atoms with Crippen molar-refractivity contribution in [3.63, 3.8) is 0 Å². The number of hydrogen-bond donors (Lipinski definition) is 0. The molecule has 2 aromatic heterocycles. The van der Waals surface area contributed by atoms with E-state index in [1.165, 1.54) is 12.5 Å². The van der Waals surface area contributed by atoms with Crippen LogP contribution in [-0.2, 0) is 6.54 Å². The van der Waals surface area contributed by atoms with Gasteiger partial charge in [0, 0.05) is 38.3 Å². The highest BCUT2D eigenvalue weighted by Crippen LogP contribution is 2.25. The van der Waals surface area contributed by atoms with Gasteiger partial charge in [-0.15, -0.1) is 0 Å². The van der Waals surface area contributed by atoms with Crippen LogP contribution in [0.1, 0.15) is 21.6 Å². The lowest BCUT2D eigenvalue weighted by Crippen LogP contribution is -2.48. The first-order chi connectivity index (χ1) is 13.1. The maximum atomic E-state index is 12.4. The predicted molar refractivity (Wildman–Crippen MR) is 103 cm³/mol. The van der Waals surface area contributed by atoms with E-state index in [2.05, 4.69) is 10.00 Å². The van der Waals surface area contributed by atoms with E-state index in [1.807, 2.05) is 42.2 Å². The van der Waals surface area contributed by atoms with Gasteiger partial charge in [0.05, 0.1) is 23.2 Å². The molecule has 0 N–H and O–H groups in total. The van der Waals surface area contributed by atoms with Gasteiger partial charge >= 0.3 is 0 Å². The normalized spacial score (nSPS) is 15.3. The zero-order chi connectivity index (χ0) is 18.8. The predicted octanol–water partition coefficient (Wildman–Crippen LogP) is 3.39. The molecule has 0 aliphatic carbocycles. The Kier molecular flexibility index (Phi) is 5.01. The second-order valence-electron chi connectivity index (χ2n) is 6.68. The minimum Gasteiger partial charge on any atom is -0.472 e. The van der Waals surface area contributed by atoms with Crippen molar-refractivity contribution in [1.29, 1.82) is 0 Å². The molecule has 27 heavy (non-hydrogen) atoms. The molecule has 0 saturated carbocycles. The van der Waals surface area contributed by atoms with E-state index in [4.69, 9.17) is 16.0 Å². The van der Waals surface area contributed by atoms with Crippen molar-refractivity contribution in [1.82, 2.24) is 19.6 Å². The molecule has 0 spiro atoms. The summed E-state index contributed by atoms with van der Waals surface area (Å²) in [7, 11) is 0. The Morgan fingerprint density at radius 3 is 2.56 bits per heavy atom. The van der Waals surface area contributed by atoms with Crippen molar-refractivity contribution < 1.29 is 9.21 Å². The van der Waals surface area contributed by atoms with Gasteiger partial charge in [-0.25, -0.2) is 4.68 Å². The number of hydrogen-bond acceptors (Lipinski definition) is 4. The number of rotatable bonds is 4. The van der Waals surface area contributed by atoms with Crippen molar-refractivity contribution in [2.75, 3.05) is 26.2 Å². The van der Waals surface area contributed by atoms with Crippen molar-refractivity contribution in [2.45, 2.75) is 13.5 Å². The minimum atomic E-state index is 0.0227. The van der Waals surface area contributed by atoms with Crippen molar-refractivity contribution >= 4 is 17.5 Å². The van der Waals surface area contributed by atoms with Crippen LogP contribution < -0.4 is 0 Å². The van der Waals surface area contributed by atoms with Crippen molar-refractivity contribution in [3.05, 3.63) is 70.9 Å². The molecule has 3 heterocycles. The van der Waals surface area contributed by atoms with Gasteiger partial charge in [-0.05, 0) is 25.1 Å². The molecule has 4 rings (SSSR count). The van der Waals surface area contributed by atoms with E-state index in [0.717, 1.165) is 36.6 Å². The molecule has 0 bridgehead atoms. The summed E-state index contributed by atoms with van der Waals surface area (Å²) in [6.45, 7) is 5.69. The van der Waals surface area contributed by atoms with Gasteiger partial charge in [0.15, 0.2) is 0 Å². The van der Waals surface area contributed by atoms with Crippen molar-refractivity contribution in [2.24, 2.45) is 0 Å². The van der Waals surface area contributed by atoms with Crippen LogP contribution in [0, 0.1) is 6.92 Å². The lowest BCUT2D eigenvalue weighted by atomic mass is 10.2. The number of piperazine rings is 1. The summed E-state index contributed by atoms with van der Waals surface area (Å²) in [6.07, 6.45) is 3.02. The number of halogens is 1. The Hall–Kier alpha value is -2.57. The third kappa shape index (κ3) is 3.63. The van der Waals surface area contributed by atoms with E-state index in [1.54, 1.807) is 10.7 Å². The maximum absolute atomic E-state index is 12.4. The van der Waals surface area contributed by atoms with Crippen LogP contribution in [0.4, 0.5) is 0 Å². The molecular weight excluding hydrogens is 364 g/mol. The molecule has 0 atom stereocenters. The van der Waals surface area contributed by atoms with E-state index in [-0.39, 0.29) is 5.91 Å². The van der Waals surface area contributed by atoms with Gasteiger partial charge < -0.3 is 9.32 Å². The summed E-state index contributed by atoms with van der Waals surface area (Å²) in [5.41, 5.74) is 3.52. The first-order valence-electron chi connectivity index (χ1n) is 8.96. The molecule has 6 nitrogen and oxygen atoms in total. The fraction of sp³-hybridized carbons (Fsp3) is 0.300. The second-order valence-corrected chi connectivity index (χ2v) is 7.04. The van der Waals surface area contributed by atoms with Crippen LogP contribution in [0.3, 0.4) is 0 Å². The molecule has 1 fully saturated rings. The average molecular weight is 385 g/mol. The zero-order valence-corrected chi connectivity index (χ0v) is 15.9. The molecule has 1 aromatic carbocycles. The molecule has 0 unspecified atom stereocenters. The Morgan fingerprint density at radius 1 is 1.15 bits per heavy atom. The van der Waals surface area contributed by atoms with Crippen LogP contribution >= 0.6 is 11.6 Å². The number of aryl methyl sites for hydroxylation is 1. The summed E-state index contributed by atoms with van der Waals surface area (Å²) >= 11 is 6.63. The number of carbonyl (C=O) groups is 1. The highest BCUT2D eigenvalue weighted by molar-refractivity contribution is 6.30. The lowest BCUT2D eigenvalue weighted by Gasteiger charge is -2.34. The number of benzene rings is 1. The van der Waals surface area contributed by atoms with Gasteiger partial charge in [-0.1, -0.05) is 29.8 Å². The minimum absolute atomic E-state index is 0.0227. The Morgan fingerprint density at radius 2 is 1.89 bits per heavy atom. The summed E-state index contributed by atoms with van der Waals surface area (Å²) in [4.78, 5) is 16.6. The number of para-hydroxylation sites is 1. The number of nitrogens with zero attached hydrogens (tertiary/aromatic N) is 4. The fourth-order valence-electron chi connectivity index (χ4n) is 3.35. The van der Waals surface area contributed by atoms with Gasteiger partial charge in [0.2, 0.25) is 0 Å². The molecule has 3 aromatic rings. The summed E-state index contributed by atoms with van der Waals surface area (Å²) in [6, 6.07) is 11.6. The number of furan rings is 1. The third-order valence-corrected chi connectivity index (χ3v) is 5.32. The highest BCUT2D eigenvalue weighted by Gasteiger charge is 2.24. The Bertz CT molecular complexity index is 913. The van der Waals surface area contributed by atoms with E-state index in [0.29, 0.717) is 23.8 Å². The molecule has 1 aliphatic rings. The molecule has 7 heteroatoms. The Labute approximate surface area is 162 Å². The van der Waals surface area contributed by atoms with Gasteiger partial charge in [-0.2, -0.15) is 5.10 Å². The van der Waals surface area contributed by atoms with Crippen LogP contribution in [0.15, 0.2) is 53.3 Å². The van der Waals surface area contributed by atoms with Gasteiger partial charge in [0.25, 0.3) is 5.91 Å². The topological polar surface area (TPSA) is 54.5 Å². The van der Waals surface area contributed by atoms with Crippen LogP contribution in [0.2, 0.25) is 5.15 Å². The highest BCUT2D eigenvalue weighted by atomic mass is 35.5. The van der Waals surface area contributed by atoms with E-state index >= 15 is 0 Å². The number of carbonyl (C=O) groups excluding carboxylic acids is 1. The average Bonchev–Trinajstić information content (AvgIpc) is 3.33. The van der Waals surface area contributed by atoms with Crippen molar-refractivity contribution in [3.8, 4) is 5.69 Å². The number of amides is 1. The van der Waals surface area contributed by atoms with E-state index in [9.17, 15) is 4.79 Å². The number of aromatic nitrogens is 2. The standard InChI is InChI=1S/C20H21ClN4O2/c1-15-18(19(21)25(22-15)17-5-3-2-4-6-17)13-23-8-10-24(11-9-23)20(26)16-7-12-27-14-16/h2-7,12,14H,8-11,13H2,1H3. The quantitative estimate of drug-likeness (QED) is 0.692. The molecule has 1 amide bonds. The molecular formula is C20H21ClN4O2. The Balaban J connectivity index is 1.42. The molecule has 1 aliphatic heterocycles.